The molecule has 7 heteroatoms. The zero-order valence-electron chi connectivity index (χ0n) is 12.0. The zero-order chi connectivity index (χ0) is 14.8. The average Bonchev–Trinajstić information content (AvgIpc) is 3.16. The molecule has 0 radical (unpaired) electrons. The number of nitrogens with zero attached hydrogens (tertiary/aromatic N) is 1. The number of ether oxygens (including phenoxy) is 2. The Hall–Kier alpha value is -1.60. The van der Waals surface area contributed by atoms with E-state index in [1.54, 1.807) is 6.92 Å². The van der Waals surface area contributed by atoms with E-state index in [4.69, 9.17) is 18.3 Å². The molecule has 2 atom stereocenters. The predicted molar refractivity (Wildman–Crippen MR) is 70.5 cm³/mol. The SMILES string of the molecule is Cc1oc(=O)oc1COC(=O)C1CCCN1C1CCCO1. The lowest BCUT2D eigenvalue weighted by Crippen LogP contribution is -2.43. The Bertz CT molecular complexity index is 556. The van der Waals surface area contributed by atoms with E-state index in [1.807, 2.05) is 0 Å². The van der Waals surface area contributed by atoms with E-state index in [1.165, 1.54) is 0 Å². The van der Waals surface area contributed by atoms with E-state index in [9.17, 15) is 9.59 Å². The van der Waals surface area contributed by atoms with Crippen molar-refractivity contribution in [2.24, 2.45) is 0 Å². The largest absolute Gasteiger partial charge is 0.519 e. The van der Waals surface area contributed by atoms with Crippen LogP contribution in [0.15, 0.2) is 13.6 Å². The highest BCUT2D eigenvalue weighted by atomic mass is 16.6. The number of esters is 1. The molecule has 0 spiro atoms. The van der Waals surface area contributed by atoms with Gasteiger partial charge in [0, 0.05) is 13.2 Å². The monoisotopic (exact) mass is 297 g/mol. The molecular formula is C14H19NO6. The van der Waals surface area contributed by atoms with Crippen molar-refractivity contribution in [3.05, 3.63) is 22.1 Å². The summed E-state index contributed by atoms with van der Waals surface area (Å²) in [5.41, 5.74) is 0. The molecule has 0 N–H and O–H groups in total. The molecule has 1 aromatic rings. The third kappa shape index (κ3) is 3.03. The summed E-state index contributed by atoms with van der Waals surface area (Å²) in [7, 11) is 0. The van der Waals surface area contributed by atoms with Gasteiger partial charge in [-0.15, -0.1) is 0 Å². The molecule has 2 unspecified atom stereocenters. The van der Waals surface area contributed by atoms with Gasteiger partial charge in [-0.2, -0.15) is 0 Å². The molecule has 2 aliphatic rings. The standard InChI is InChI=1S/C14H19NO6/c1-9-11(21-14(17)20-9)8-19-13(16)10-4-2-6-15(10)12-5-3-7-18-12/h10,12H,2-8H2,1H3. The van der Waals surface area contributed by atoms with Crippen LogP contribution in [-0.4, -0.2) is 36.3 Å². The van der Waals surface area contributed by atoms with Gasteiger partial charge in [-0.3, -0.25) is 9.69 Å². The highest BCUT2D eigenvalue weighted by Gasteiger charge is 2.38. The normalized spacial score (nSPS) is 26.3. The third-order valence-corrected chi connectivity index (χ3v) is 4.02. The van der Waals surface area contributed by atoms with E-state index in [-0.39, 0.29) is 30.6 Å². The van der Waals surface area contributed by atoms with Gasteiger partial charge in [0.25, 0.3) is 0 Å². The minimum absolute atomic E-state index is 0.0265. The first-order chi connectivity index (χ1) is 10.1. The third-order valence-electron chi connectivity index (χ3n) is 4.02. The second-order valence-electron chi connectivity index (χ2n) is 5.40. The van der Waals surface area contributed by atoms with Crippen molar-refractivity contribution in [1.29, 1.82) is 0 Å². The number of hydrogen-bond acceptors (Lipinski definition) is 7. The summed E-state index contributed by atoms with van der Waals surface area (Å²) in [6, 6.07) is -0.271. The van der Waals surface area contributed by atoms with Gasteiger partial charge in [-0.05, 0) is 32.6 Å². The Balaban J connectivity index is 1.59. The maximum Gasteiger partial charge on any atom is 0.519 e. The molecule has 0 bridgehead atoms. The summed E-state index contributed by atoms with van der Waals surface area (Å²) < 4.78 is 20.5. The van der Waals surface area contributed by atoms with Crippen LogP contribution in [0.3, 0.4) is 0 Å². The lowest BCUT2D eigenvalue weighted by atomic mass is 10.2. The van der Waals surface area contributed by atoms with Crippen LogP contribution in [0.5, 0.6) is 0 Å². The Morgan fingerprint density at radius 2 is 2.19 bits per heavy atom. The molecule has 0 aromatic carbocycles. The summed E-state index contributed by atoms with van der Waals surface area (Å²) in [5.74, 6) is -0.475. The van der Waals surface area contributed by atoms with Gasteiger partial charge in [0.1, 0.15) is 12.3 Å². The van der Waals surface area contributed by atoms with Crippen LogP contribution in [-0.2, 0) is 20.9 Å². The maximum atomic E-state index is 12.2. The van der Waals surface area contributed by atoms with Gasteiger partial charge < -0.3 is 18.3 Å². The molecule has 2 aliphatic heterocycles. The molecule has 116 valence electrons. The number of likely N-dealkylation sites (tertiary alicyclic amines) is 1. The number of aryl methyl sites for hydroxylation is 1. The van der Waals surface area contributed by atoms with Gasteiger partial charge >= 0.3 is 11.8 Å². The highest BCUT2D eigenvalue weighted by Crippen LogP contribution is 2.27. The number of carbonyl (C=O) groups is 1. The van der Waals surface area contributed by atoms with E-state index in [0.29, 0.717) is 5.76 Å². The quantitative estimate of drug-likeness (QED) is 0.772. The van der Waals surface area contributed by atoms with Gasteiger partial charge in [0.15, 0.2) is 18.1 Å². The number of hydrogen-bond donors (Lipinski definition) is 0. The second kappa shape index (κ2) is 6.03. The molecule has 3 heterocycles. The molecule has 1 aromatic heterocycles. The van der Waals surface area contributed by atoms with Crippen molar-refractivity contribution in [2.75, 3.05) is 13.2 Å². The summed E-state index contributed by atoms with van der Waals surface area (Å²) in [5, 5.41) is 0. The fourth-order valence-corrected chi connectivity index (χ4v) is 2.95. The summed E-state index contributed by atoms with van der Waals surface area (Å²) >= 11 is 0. The molecule has 0 amide bonds. The van der Waals surface area contributed by atoms with Gasteiger partial charge in [-0.25, -0.2) is 4.79 Å². The summed E-state index contributed by atoms with van der Waals surface area (Å²) in [6.07, 6.45) is 3.74. The number of rotatable bonds is 4. The molecule has 0 saturated carbocycles. The molecule has 21 heavy (non-hydrogen) atoms. The summed E-state index contributed by atoms with van der Waals surface area (Å²) in [6.45, 7) is 3.13. The van der Waals surface area contributed by atoms with Gasteiger partial charge in [-0.1, -0.05) is 0 Å². The summed E-state index contributed by atoms with van der Waals surface area (Å²) in [4.78, 5) is 25.3. The van der Waals surface area contributed by atoms with E-state index >= 15 is 0 Å². The Morgan fingerprint density at radius 1 is 1.33 bits per heavy atom. The molecule has 0 aliphatic carbocycles. The highest BCUT2D eigenvalue weighted by molar-refractivity contribution is 5.76. The van der Waals surface area contributed by atoms with Crippen LogP contribution in [0.4, 0.5) is 0 Å². The van der Waals surface area contributed by atoms with Crippen molar-refractivity contribution in [2.45, 2.75) is 51.5 Å². The Morgan fingerprint density at radius 3 is 2.86 bits per heavy atom. The van der Waals surface area contributed by atoms with Crippen LogP contribution < -0.4 is 5.82 Å². The average molecular weight is 297 g/mol. The molecule has 2 saturated heterocycles. The van der Waals surface area contributed by atoms with Crippen LogP contribution in [0.2, 0.25) is 0 Å². The number of carbonyl (C=O) groups excluding carboxylic acids is 1. The van der Waals surface area contributed by atoms with Gasteiger partial charge in [0.05, 0.1) is 0 Å². The van der Waals surface area contributed by atoms with Crippen molar-refractivity contribution in [3.8, 4) is 0 Å². The van der Waals surface area contributed by atoms with Crippen molar-refractivity contribution < 1.29 is 23.1 Å². The second-order valence-corrected chi connectivity index (χ2v) is 5.40. The first kappa shape index (κ1) is 14.3. The van der Waals surface area contributed by atoms with E-state index in [2.05, 4.69) is 4.90 Å². The molecule has 7 nitrogen and oxygen atoms in total. The van der Waals surface area contributed by atoms with Crippen LogP contribution in [0.1, 0.15) is 37.2 Å². The molecule has 3 rings (SSSR count). The van der Waals surface area contributed by atoms with Crippen molar-refractivity contribution >= 4 is 5.97 Å². The van der Waals surface area contributed by atoms with Crippen molar-refractivity contribution in [3.63, 3.8) is 0 Å². The maximum absolute atomic E-state index is 12.2. The Labute approximate surface area is 121 Å². The minimum atomic E-state index is -0.777. The lowest BCUT2D eigenvalue weighted by molar-refractivity contribution is -0.155. The van der Waals surface area contributed by atoms with Gasteiger partial charge in [0.2, 0.25) is 0 Å². The van der Waals surface area contributed by atoms with E-state index < -0.39 is 5.82 Å². The van der Waals surface area contributed by atoms with Crippen molar-refractivity contribution in [1.82, 2.24) is 4.90 Å². The minimum Gasteiger partial charge on any atom is -0.456 e. The molecular weight excluding hydrogens is 278 g/mol. The van der Waals surface area contributed by atoms with Crippen LogP contribution in [0, 0.1) is 6.92 Å². The van der Waals surface area contributed by atoms with Crippen LogP contribution in [0.25, 0.3) is 0 Å². The Kier molecular flexibility index (Phi) is 4.12. The fourth-order valence-electron chi connectivity index (χ4n) is 2.95. The lowest BCUT2D eigenvalue weighted by Gasteiger charge is -2.28. The smallest absolute Gasteiger partial charge is 0.456 e. The topological polar surface area (TPSA) is 82.1 Å². The fraction of sp³-hybridized carbons (Fsp3) is 0.714. The van der Waals surface area contributed by atoms with E-state index in [0.717, 1.165) is 38.8 Å². The first-order valence-electron chi connectivity index (χ1n) is 7.28. The van der Waals surface area contributed by atoms with Crippen LogP contribution >= 0.6 is 0 Å². The predicted octanol–water partition coefficient (Wildman–Crippen LogP) is 1.19. The first-order valence-corrected chi connectivity index (χ1v) is 7.28. The molecule has 2 fully saturated rings. The zero-order valence-corrected chi connectivity index (χ0v) is 12.0.